The molecule has 1 saturated heterocycles. The fourth-order valence-electron chi connectivity index (χ4n) is 3.22. The standard InChI is InChI=1S/C21H22N4OS/c1-16-2-4-18(5-3-16)20-23-19(15-27-20)21(26)25-12-10-24(11-13-25)14-17-6-8-22-9-7-17/h2-9,15H,10-14H2,1H3. The third kappa shape index (κ3) is 4.23. The van der Waals surface area contributed by atoms with Crippen molar-refractivity contribution in [2.75, 3.05) is 26.2 Å². The van der Waals surface area contributed by atoms with Gasteiger partial charge in [0.2, 0.25) is 0 Å². The summed E-state index contributed by atoms with van der Waals surface area (Å²) in [6.45, 7) is 6.20. The van der Waals surface area contributed by atoms with Crippen LogP contribution in [0.3, 0.4) is 0 Å². The molecule has 0 radical (unpaired) electrons. The summed E-state index contributed by atoms with van der Waals surface area (Å²) < 4.78 is 0. The second-order valence-corrected chi connectivity index (χ2v) is 7.69. The first-order valence-electron chi connectivity index (χ1n) is 9.12. The average molecular weight is 379 g/mol. The van der Waals surface area contributed by atoms with E-state index in [0.717, 1.165) is 43.3 Å². The maximum Gasteiger partial charge on any atom is 0.273 e. The number of hydrogen-bond donors (Lipinski definition) is 0. The number of carbonyl (C=O) groups excluding carboxylic acids is 1. The number of carbonyl (C=O) groups is 1. The highest BCUT2D eigenvalue weighted by atomic mass is 32.1. The number of benzene rings is 1. The Morgan fingerprint density at radius 2 is 1.74 bits per heavy atom. The van der Waals surface area contributed by atoms with E-state index >= 15 is 0 Å². The number of hydrogen-bond acceptors (Lipinski definition) is 5. The molecule has 0 unspecified atom stereocenters. The molecule has 27 heavy (non-hydrogen) atoms. The van der Waals surface area contributed by atoms with Crippen LogP contribution in [0.2, 0.25) is 0 Å². The van der Waals surface area contributed by atoms with Crippen LogP contribution in [-0.4, -0.2) is 51.9 Å². The zero-order valence-corrected chi connectivity index (χ0v) is 16.2. The molecule has 3 heterocycles. The van der Waals surface area contributed by atoms with Gasteiger partial charge in [0, 0.05) is 56.1 Å². The third-order valence-electron chi connectivity index (χ3n) is 4.84. The van der Waals surface area contributed by atoms with Gasteiger partial charge in [-0.15, -0.1) is 11.3 Å². The van der Waals surface area contributed by atoms with Crippen LogP contribution < -0.4 is 0 Å². The van der Waals surface area contributed by atoms with Gasteiger partial charge in [-0.1, -0.05) is 29.8 Å². The van der Waals surface area contributed by atoms with Crippen molar-refractivity contribution in [1.82, 2.24) is 19.8 Å². The molecule has 138 valence electrons. The minimum atomic E-state index is 0.0353. The van der Waals surface area contributed by atoms with Crippen molar-refractivity contribution in [3.8, 4) is 10.6 Å². The maximum absolute atomic E-state index is 12.8. The number of piperazine rings is 1. The summed E-state index contributed by atoms with van der Waals surface area (Å²) in [5.74, 6) is 0.0353. The van der Waals surface area contributed by atoms with E-state index in [1.165, 1.54) is 22.5 Å². The zero-order chi connectivity index (χ0) is 18.6. The molecule has 6 heteroatoms. The summed E-state index contributed by atoms with van der Waals surface area (Å²) in [6, 6.07) is 12.3. The van der Waals surface area contributed by atoms with Crippen molar-refractivity contribution >= 4 is 17.2 Å². The summed E-state index contributed by atoms with van der Waals surface area (Å²) in [4.78, 5) is 25.7. The molecule has 0 N–H and O–H groups in total. The fraction of sp³-hybridized carbons (Fsp3) is 0.286. The molecule has 1 amide bonds. The number of nitrogens with zero attached hydrogens (tertiary/aromatic N) is 4. The predicted octanol–water partition coefficient (Wildman–Crippen LogP) is 3.47. The Labute approximate surface area is 163 Å². The van der Waals surface area contributed by atoms with Gasteiger partial charge in [-0.05, 0) is 24.6 Å². The summed E-state index contributed by atoms with van der Waals surface area (Å²) in [7, 11) is 0. The Balaban J connectivity index is 1.36. The molecule has 2 aromatic heterocycles. The van der Waals surface area contributed by atoms with Gasteiger partial charge >= 0.3 is 0 Å². The maximum atomic E-state index is 12.8. The number of aromatic nitrogens is 2. The Hall–Kier alpha value is -2.57. The second-order valence-electron chi connectivity index (χ2n) is 6.83. The molecule has 1 aromatic carbocycles. The lowest BCUT2D eigenvalue weighted by molar-refractivity contribution is 0.0623. The molecule has 0 saturated carbocycles. The van der Waals surface area contributed by atoms with Crippen molar-refractivity contribution in [3.63, 3.8) is 0 Å². The molecular formula is C21H22N4OS. The summed E-state index contributed by atoms with van der Waals surface area (Å²) in [5, 5.41) is 2.77. The van der Waals surface area contributed by atoms with Crippen LogP contribution in [0.25, 0.3) is 10.6 Å². The fourth-order valence-corrected chi connectivity index (χ4v) is 4.02. The predicted molar refractivity (Wildman–Crippen MR) is 108 cm³/mol. The topological polar surface area (TPSA) is 49.3 Å². The molecule has 5 nitrogen and oxygen atoms in total. The lowest BCUT2D eigenvalue weighted by atomic mass is 10.2. The lowest BCUT2D eigenvalue weighted by Gasteiger charge is -2.34. The minimum Gasteiger partial charge on any atom is -0.335 e. The highest BCUT2D eigenvalue weighted by Gasteiger charge is 2.24. The van der Waals surface area contributed by atoms with Gasteiger partial charge in [-0.2, -0.15) is 0 Å². The smallest absolute Gasteiger partial charge is 0.273 e. The Kier molecular flexibility index (Phi) is 5.27. The second kappa shape index (κ2) is 7.98. The van der Waals surface area contributed by atoms with Gasteiger partial charge in [0.1, 0.15) is 10.7 Å². The third-order valence-corrected chi connectivity index (χ3v) is 5.73. The highest BCUT2D eigenvalue weighted by Crippen LogP contribution is 2.24. The largest absolute Gasteiger partial charge is 0.335 e. The van der Waals surface area contributed by atoms with E-state index in [1.54, 1.807) is 0 Å². The van der Waals surface area contributed by atoms with Gasteiger partial charge in [-0.25, -0.2) is 4.98 Å². The first-order valence-corrected chi connectivity index (χ1v) is 10.00. The van der Waals surface area contributed by atoms with Gasteiger partial charge in [0.15, 0.2) is 0 Å². The van der Waals surface area contributed by atoms with Crippen molar-refractivity contribution in [2.45, 2.75) is 13.5 Å². The zero-order valence-electron chi connectivity index (χ0n) is 15.3. The van der Waals surface area contributed by atoms with Crippen molar-refractivity contribution in [1.29, 1.82) is 0 Å². The number of amides is 1. The van der Waals surface area contributed by atoms with Gasteiger partial charge < -0.3 is 4.90 Å². The molecule has 0 atom stereocenters. The van der Waals surface area contributed by atoms with Crippen LogP contribution in [0.15, 0.2) is 54.2 Å². The van der Waals surface area contributed by atoms with Crippen LogP contribution >= 0.6 is 11.3 Å². The average Bonchev–Trinajstić information content (AvgIpc) is 3.20. The van der Waals surface area contributed by atoms with E-state index in [2.05, 4.69) is 46.1 Å². The minimum absolute atomic E-state index is 0.0353. The van der Waals surface area contributed by atoms with Crippen LogP contribution in [-0.2, 0) is 6.54 Å². The molecular weight excluding hydrogens is 356 g/mol. The first kappa shape index (κ1) is 17.8. The number of pyridine rings is 1. The van der Waals surface area contributed by atoms with Crippen LogP contribution in [0.4, 0.5) is 0 Å². The molecule has 0 spiro atoms. The van der Waals surface area contributed by atoms with Gasteiger partial charge in [-0.3, -0.25) is 14.7 Å². The SMILES string of the molecule is Cc1ccc(-c2nc(C(=O)N3CCN(Cc4ccncc4)CC3)cs2)cc1. The lowest BCUT2D eigenvalue weighted by Crippen LogP contribution is -2.48. The van der Waals surface area contributed by atoms with E-state index in [1.807, 2.05) is 34.8 Å². The van der Waals surface area contributed by atoms with E-state index in [4.69, 9.17) is 0 Å². The van der Waals surface area contributed by atoms with Crippen molar-refractivity contribution in [2.24, 2.45) is 0 Å². The molecule has 1 aliphatic heterocycles. The van der Waals surface area contributed by atoms with Crippen molar-refractivity contribution in [3.05, 3.63) is 71.0 Å². The number of rotatable bonds is 4. The van der Waals surface area contributed by atoms with Crippen LogP contribution in [0.1, 0.15) is 21.6 Å². The van der Waals surface area contributed by atoms with E-state index in [0.29, 0.717) is 5.69 Å². The molecule has 4 rings (SSSR count). The van der Waals surface area contributed by atoms with E-state index in [-0.39, 0.29) is 5.91 Å². The molecule has 1 fully saturated rings. The van der Waals surface area contributed by atoms with Gasteiger partial charge in [0.25, 0.3) is 5.91 Å². The normalized spacial score (nSPS) is 15.1. The summed E-state index contributed by atoms with van der Waals surface area (Å²) >= 11 is 1.53. The van der Waals surface area contributed by atoms with Crippen LogP contribution in [0, 0.1) is 6.92 Å². The molecule has 1 aliphatic rings. The highest BCUT2D eigenvalue weighted by molar-refractivity contribution is 7.13. The number of thiazole rings is 1. The first-order chi connectivity index (χ1) is 13.2. The summed E-state index contributed by atoms with van der Waals surface area (Å²) in [5.41, 5.74) is 4.09. The van der Waals surface area contributed by atoms with Crippen molar-refractivity contribution < 1.29 is 4.79 Å². The molecule has 3 aromatic rings. The Morgan fingerprint density at radius 3 is 2.44 bits per heavy atom. The van der Waals surface area contributed by atoms with Crippen LogP contribution in [0.5, 0.6) is 0 Å². The Morgan fingerprint density at radius 1 is 1.04 bits per heavy atom. The van der Waals surface area contributed by atoms with E-state index < -0.39 is 0 Å². The number of aryl methyl sites for hydroxylation is 1. The quantitative estimate of drug-likeness (QED) is 0.697. The summed E-state index contributed by atoms with van der Waals surface area (Å²) in [6.07, 6.45) is 3.64. The van der Waals surface area contributed by atoms with Gasteiger partial charge in [0.05, 0.1) is 0 Å². The van der Waals surface area contributed by atoms with E-state index in [9.17, 15) is 4.79 Å². The Bertz CT molecular complexity index is 899. The molecule has 0 bridgehead atoms. The monoisotopic (exact) mass is 378 g/mol. The molecule has 0 aliphatic carbocycles.